The SMILES string of the molecule is COC(=O)c1cc(C)sc1NC(=O)c1cc(-c2cccs2)[nH]n1. The number of rotatable bonds is 4. The number of aryl methyl sites for hydroxylation is 1. The Kier molecular flexibility index (Phi) is 4.26. The number of carbonyl (C=O) groups excluding carboxylic acids is 2. The lowest BCUT2D eigenvalue weighted by atomic mass is 10.3. The van der Waals surface area contributed by atoms with Gasteiger partial charge in [-0.2, -0.15) is 5.10 Å². The lowest BCUT2D eigenvalue weighted by Gasteiger charge is -2.03. The maximum Gasteiger partial charge on any atom is 0.340 e. The van der Waals surface area contributed by atoms with E-state index in [1.165, 1.54) is 18.4 Å². The van der Waals surface area contributed by atoms with Gasteiger partial charge in [-0.25, -0.2) is 4.79 Å². The van der Waals surface area contributed by atoms with Crippen molar-refractivity contribution in [2.75, 3.05) is 12.4 Å². The van der Waals surface area contributed by atoms with E-state index in [2.05, 4.69) is 15.5 Å². The van der Waals surface area contributed by atoms with E-state index < -0.39 is 5.97 Å². The number of methoxy groups -OCH3 is 1. The smallest absolute Gasteiger partial charge is 0.340 e. The maximum absolute atomic E-state index is 12.3. The number of esters is 1. The largest absolute Gasteiger partial charge is 0.465 e. The Labute approximate surface area is 140 Å². The maximum atomic E-state index is 12.3. The monoisotopic (exact) mass is 347 g/mol. The van der Waals surface area contributed by atoms with Crippen LogP contribution in [0.1, 0.15) is 25.7 Å². The van der Waals surface area contributed by atoms with Crippen molar-refractivity contribution >= 4 is 39.6 Å². The fraction of sp³-hybridized carbons (Fsp3) is 0.133. The summed E-state index contributed by atoms with van der Waals surface area (Å²) in [5.41, 5.74) is 1.38. The lowest BCUT2D eigenvalue weighted by Crippen LogP contribution is -2.14. The highest BCUT2D eigenvalue weighted by molar-refractivity contribution is 7.16. The molecule has 3 heterocycles. The van der Waals surface area contributed by atoms with Crippen LogP contribution in [0, 0.1) is 6.92 Å². The standard InChI is InChI=1S/C15H13N3O3S2/c1-8-6-9(15(20)21-2)14(23-8)16-13(19)11-7-10(17-18-11)12-4-3-5-22-12/h3-7H,1-2H3,(H,16,19)(H,17,18). The van der Waals surface area contributed by atoms with Crippen molar-refractivity contribution in [3.8, 4) is 10.6 Å². The van der Waals surface area contributed by atoms with E-state index >= 15 is 0 Å². The van der Waals surface area contributed by atoms with Crippen LogP contribution >= 0.6 is 22.7 Å². The second kappa shape index (κ2) is 6.35. The minimum atomic E-state index is -0.481. The van der Waals surface area contributed by atoms with Gasteiger partial charge in [0.15, 0.2) is 5.69 Å². The zero-order valence-electron chi connectivity index (χ0n) is 12.4. The van der Waals surface area contributed by atoms with Gasteiger partial charge in [0, 0.05) is 4.88 Å². The summed E-state index contributed by atoms with van der Waals surface area (Å²) in [6.45, 7) is 1.86. The molecule has 0 aliphatic heterocycles. The minimum absolute atomic E-state index is 0.260. The molecule has 8 heteroatoms. The number of aromatic nitrogens is 2. The molecule has 0 fully saturated rings. The molecule has 1 amide bonds. The predicted molar refractivity (Wildman–Crippen MR) is 90.2 cm³/mol. The Hall–Kier alpha value is -2.45. The van der Waals surface area contributed by atoms with E-state index in [1.54, 1.807) is 23.5 Å². The average Bonchev–Trinajstić information content (AvgIpc) is 3.26. The molecule has 0 atom stereocenters. The second-order valence-electron chi connectivity index (χ2n) is 4.69. The van der Waals surface area contributed by atoms with Gasteiger partial charge in [-0.05, 0) is 30.5 Å². The van der Waals surface area contributed by atoms with Crippen molar-refractivity contribution in [3.63, 3.8) is 0 Å². The number of H-pyrrole nitrogens is 1. The molecule has 0 aliphatic carbocycles. The highest BCUT2D eigenvalue weighted by Gasteiger charge is 2.19. The van der Waals surface area contributed by atoms with Crippen LogP contribution < -0.4 is 5.32 Å². The molecule has 2 N–H and O–H groups in total. The zero-order valence-corrected chi connectivity index (χ0v) is 14.0. The highest BCUT2D eigenvalue weighted by atomic mass is 32.1. The number of hydrogen-bond donors (Lipinski definition) is 2. The van der Waals surface area contributed by atoms with Crippen molar-refractivity contribution in [2.45, 2.75) is 6.92 Å². The van der Waals surface area contributed by atoms with E-state index in [1.807, 2.05) is 24.4 Å². The van der Waals surface area contributed by atoms with Crippen LogP contribution in [0.2, 0.25) is 0 Å². The second-order valence-corrected chi connectivity index (χ2v) is 6.89. The van der Waals surface area contributed by atoms with E-state index in [4.69, 9.17) is 4.74 Å². The Morgan fingerprint density at radius 2 is 2.17 bits per heavy atom. The molecule has 3 aromatic heterocycles. The van der Waals surface area contributed by atoms with Gasteiger partial charge >= 0.3 is 5.97 Å². The third kappa shape index (κ3) is 3.17. The van der Waals surface area contributed by atoms with E-state index in [9.17, 15) is 9.59 Å². The molecule has 118 valence electrons. The van der Waals surface area contributed by atoms with Gasteiger partial charge in [0.2, 0.25) is 0 Å². The van der Waals surface area contributed by atoms with Crippen molar-refractivity contribution in [3.05, 3.63) is 45.8 Å². The van der Waals surface area contributed by atoms with Crippen LogP contribution in [0.5, 0.6) is 0 Å². The van der Waals surface area contributed by atoms with Gasteiger partial charge in [-0.3, -0.25) is 9.89 Å². The highest BCUT2D eigenvalue weighted by Crippen LogP contribution is 2.29. The number of aromatic amines is 1. The molecule has 6 nitrogen and oxygen atoms in total. The minimum Gasteiger partial charge on any atom is -0.465 e. The number of nitrogens with one attached hydrogen (secondary N) is 2. The fourth-order valence-electron chi connectivity index (χ4n) is 2.03. The average molecular weight is 347 g/mol. The zero-order chi connectivity index (χ0) is 16.4. The van der Waals surface area contributed by atoms with Gasteiger partial charge in [0.1, 0.15) is 5.00 Å². The topological polar surface area (TPSA) is 84.1 Å². The van der Waals surface area contributed by atoms with Crippen LogP contribution in [0.4, 0.5) is 5.00 Å². The Morgan fingerprint density at radius 3 is 2.87 bits per heavy atom. The summed E-state index contributed by atoms with van der Waals surface area (Å²) in [7, 11) is 1.31. The van der Waals surface area contributed by atoms with Gasteiger partial charge in [-0.15, -0.1) is 22.7 Å². The van der Waals surface area contributed by atoms with E-state index in [-0.39, 0.29) is 11.6 Å². The molecule has 3 rings (SSSR count). The van der Waals surface area contributed by atoms with E-state index in [0.717, 1.165) is 15.4 Å². The van der Waals surface area contributed by atoms with Crippen molar-refractivity contribution in [1.82, 2.24) is 10.2 Å². The molecule has 0 spiro atoms. The Bertz CT molecular complexity index is 849. The molecular formula is C15H13N3O3S2. The third-order valence-electron chi connectivity index (χ3n) is 3.08. The molecule has 0 unspecified atom stereocenters. The molecular weight excluding hydrogens is 334 g/mol. The number of carbonyl (C=O) groups is 2. The molecule has 23 heavy (non-hydrogen) atoms. The van der Waals surface area contributed by atoms with Crippen LogP contribution in [-0.2, 0) is 4.74 Å². The molecule has 0 radical (unpaired) electrons. The number of anilines is 1. The molecule has 0 saturated carbocycles. The molecule has 0 saturated heterocycles. The van der Waals surface area contributed by atoms with Crippen molar-refractivity contribution < 1.29 is 14.3 Å². The van der Waals surface area contributed by atoms with Crippen molar-refractivity contribution in [2.24, 2.45) is 0 Å². The van der Waals surface area contributed by atoms with Gasteiger partial charge in [-0.1, -0.05) is 6.07 Å². The van der Waals surface area contributed by atoms with Gasteiger partial charge in [0.05, 0.1) is 23.2 Å². The quantitative estimate of drug-likeness (QED) is 0.707. The normalized spacial score (nSPS) is 10.5. The van der Waals surface area contributed by atoms with E-state index in [0.29, 0.717) is 10.6 Å². The number of nitrogens with zero attached hydrogens (tertiary/aromatic N) is 1. The first kappa shape index (κ1) is 15.4. The lowest BCUT2D eigenvalue weighted by molar-refractivity contribution is 0.0602. The number of amides is 1. The summed E-state index contributed by atoms with van der Waals surface area (Å²) >= 11 is 2.87. The summed E-state index contributed by atoms with van der Waals surface area (Å²) < 4.78 is 4.73. The first-order valence-corrected chi connectivity index (χ1v) is 8.37. The van der Waals surface area contributed by atoms with Crippen LogP contribution in [-0.4, -0.2) is 29.2 Å². The summed E-state index contributed by atoms with van der Waals surface area (Å²) in [4.78, 5) is 26.0. The predicted octanol–water partition coefficient (Wildman–Crippen LogP) is 3.55. The molecule has 0 aliphatic rings. The summed E-state index contributed by atoms with van der Waals surface area (Å²) in [6.07, 6.45) is 0. The fourth-order valence-corrected chi connectivity index (χ4v) is 3.62. The molecule has 0 aromatic carbocycles. The van der Waals surface area contributed by atoms with Gasteiger partial charge in [0.25, 0.3) is 5.91 Å². The first-order valence-electron chi connectivity index (χ1n) is 6.68. The van der Waals surface area contributed by atoms with Crippen LogP contribution in [0.15, 0.2) is 29.6 Å². The number of thiophene rings is 2. The van der Waals surface area contributed by atoms with Crippen molar-refractivity contribution in [1.29, 1.82) is 0 Å². The summed E-state index contributed by atoms with van der Waals surface area (Å²) in [6, 6.07) is 7.24. The molecule has 3 aromatic rings. The molecule has 0 bridgehead atoms. The Morgan fingerprint density at radius 1 is 1.35 bits per heavy atom. The number of hydrogen-bond acceptors (Lipinski definition) is 6. The van der Waals surface area contributed by atoms with Gasteiger partial charge < -0.3 is 10.1 Å². The van der Waals surface area contributed by atoms with Crippen LogP contribution in [0.25, 0.3) is 10.6 Å². The Balaban J connectivity index is 1.81. The van der Waals surface area contributed by atoms with Crippen LogP contribution in [0.3, 0.4) is 0 Å². The third-order valence-corrected chi connectivity index (χ3v) is 4.95. The first-order chi connectivity index (χ1) is 11.1. The summed E-state index contributed by atoms with van der Waals surface area (Å²) in [5, 5.41) is 12.0. The summed E-state index contributed by atoms with van der Waals surface area (Å²) in [5.74, 6) is -0.859. The number of ether oxygens (including phenoxy) is 1.